The average molecular weight is 264 g/mol. The van der Waals surface area contributed by atoms with Crippen LogP contribution in [0.3, 0.4) is 0 Å². The van der Waals surface area contributed by atoms with E-state index >= 15 is 0 Å². The molecule has 1 rings (SSSR count). The Hall–Kier alpha value is -0.903. The van der Waals surface area contributed by atoms with E-state index in [-0.39, 0.29) is 0 Å². The second-order valence-electron chi connectivity index (χ2n) is 4.40. The Morgan fingerprint density at radius 3 is 2.33 bits per heavy atom. The highest BCUT2D eigenvalue weighted by Gasteiger charge is 2.30. The molecular weight excluding hydrogens is 240 g/mol. The molecule has 1 aromatic carbocycles. The first-order valence-electron chi connectivity index (χ1n) is 6.63. The van der Waals surface area contributed by atoms with Gasteiger partial charge in [0, 0.05) is 13.2 Å². The highest BCUT2D eigenvalue weighted by atomic mass is 28.4. The van der Waals surface area contributed by atoms with Crippen LogP contribution in [0.1, 0.15) is 25.0 Å². The topological polar surface area (TPSA) is 18.5 Å². The average Bonchev–Trinajstić information content (AvgIpc) is 2.37. The molecule has 0 aliphatic rings. The van der Waals surface area contributed by atoms with Crippen molar-refractivity contribution in [2.45, 2.75) is 32.9 Å². The van der Waals surface area contributed by atoms with Crippen molar-refractivity contribution in [1.82, 2.24) is 0 Å². The third-order valence-corrected chi connectivity index (χ3v) is 5.98. The highest BCUT2D eigenvalue weighted by Crippen LogP contribution is 2.20. The van der Waals surface area contributed by atoms with Gasteiger partial charge in [-0.25, -0.2) is 0 Å². The Balaban J connectivity index is 2.69. The largest absolute Gasteiger partial charge is 0.395 e. The van der Waals surface area contributed by atoms with E-state index in [9.17, 15) is 0 Å². The Bertz CT molecular complexity index is 371. The molecule has 0 amide bonds. The van der Waals surface area contributed by atoms with E-state index in [1.807, 2.05) is 26.0 Å². The fraction of sp³-hybridized carbons (Fsp3) is 0.467. The minimum Gasteiger partial charge on any atom is -0.395 e. The maximum atomic E-state index is 5.86. The fourth-order valence-electron chi connectivity index (χ4n) is 2.12. The monoisotopic (exact) mass is 264 g/mol. The summed E-state index contributed by atoms with van der Waals surface area (Å²) in [5.41, 5.74) is 2.53. The number of rotatable bonds is 8. The van der Waals surface area contributed by atoms with Crippen molar-refractivity contribution in [2.75, 3.05) is 13.2 Å². The van der Waals surface area contributed by atoms with Gasteiger partial charge < -0.3 is 8.85 Å². The zero-order valence-corrected chi connectivity index (χ0v) is 12.7. The van der Waals surface area contributed by atoms with E-state index in [1.54, 1.807) is 0 Å². The number of aryl methyl sites for hydroxylation is 1. The number of benzene rings is 1. The first kappa shape index (κ1) is 15.2. The minimum absolute atomic E-state index is 0.728. The summed E-state index contributed by atoms with van der Waals surface area (Å²) in [5.74, 6) is 0. The van der Waals surface area contributed by atoms with Crippen molar-refractivity contribution in [3.05, 3.63) is 42.0 Å². The molecule has 100 valence electrons. The molecule has 0 aromatic heterocycles. The highest BCUT2D eigenvalue weighted by molar-refractivity contribution is 6.66. The first-order valence-corrected chi connectivity index (χ1v) is 9.15. The van der Waals surface area contributed by atoms with E-state index in [0.29, 0.717) is 0 Å². The lowest BCUT2D eigenvalue weighted by molar-refractivity contribution is 0.189. The van der Waals surface area contributed by atoms with Crippen LogP contribution in [0.25, 0.3) is 6.08 Å². The molecule has 18 heavy (non-hydrogen) atoms. The predicted molar refractivity (Wildman–Crippen MR) is 79.9 cm³/mol. The van der Waals surface area contributed by atoms with Gasteiger partial charge in [0.1, 0.15) is 0 Å². The second kappa shape index (κ2) is 7.51. The number of hydrogen-bond acceptors (Lipinski definition) is 2. The molecule has 0 heterocycles. The third kappa shape index (κ3) is 4.41. The van der Waals surface area contributed by atoms with Gasteiger partial charge in [-0.2, -0.15) is 0 Å². The van der Waals surface area contributed by atoms with Crippen molar-refractivity contribution < 1.29 is 8.85 Å². The van der Waals surface area contributed by atoms with Gasteiger partial charge in [-0.3, -0.25) is 0 Å². The van der Waals surface area contributed by atoms with Gasteiger partial charge in [-0.15, -0.1) is 0 Å². The lowest BCUT2D eigenvalue weighted by Gasteiger charge is -2.26. The maximum Gasteiger partial charge on any atom is 0.335 e. The molecule has 3 heteroatoms. The summed E-state index contributed by atoms with van der Waals surface area (Å²) < 4.78 is 11.7. The molecule has 0 N–H and O–H groups in total. The molecule has 0 bridgehead atoms. The van der Waals surface area contributed by atoms with E-state index < -0.39 is 8.56 Å². The standard InChI is InChI=1S/C15H24O2Si/c1-5-14-10-8-9-11-15(14)12-13-18(4,16-6-2)17-7-3/h5,8-11H,1,6-7,12-13H2,2-4H3. The molecule has 0 unspecified atom stereocenters. The molecule has 0 saturated carbocycles. The minimum atomic E-state index is -2.00. The van der Waals surface area contributed by atoms with Crippen LogP contribution in [0.15, 0.2) is 30.8 Å². The fourth-order valence-corrected chi connectivity index (χ4v) is 4.44. The van der Waals surface area contributed by atoms with Crippen molar-refractivity contribution in [2.24, 2.45) is 0 Å². The zero-order chi connectivity index (χ0) is 13.4. The quantitative estimate of drug-likeness (QED) is 0.660. The summed E-state index contributed by atoms with van der Waals surface area (Å²) in [7, 11) is -2.00. The van der Waals surface area contributed by atoms with Crippen molar-refractivity contribution >= 4 is 14.6 Å². The van der Waals surface area contributed by atoms with Gasteiger partial charge in [0.25, 0.3) is 0 Å². The molecule has 2 nitrogen and oxygen atoms in total. The Morgan fingerprint density at radius 2 is 1.78 bits per heavy atom. The van der Waals surface area contributed by atoms with Gasteiger partial charge >= 0.3 is 8.56 Å². The first-order chi connectivity index (χ1) is 8.65. The van der Waals surface area contributed by atoms with Gasteiger partial charge in [0.05, 0.1) is 0 Å². The van der Waals surface area contributed by atoms with Crippen LogP contribution >= 0.6 is 0 Å². The Labute approximate surface area is 112 Å². The normalized spacial score (nSPS) is 11.5. The number of hydrogen-bond donors (Lipinski definition) is 0. The molecular formula is C15H24O2Si. The third-order valence-electron chi connectivity index (χ3n) is 3.02. The van der Waals surface area contributed by atoms with Crippen LogP contribution in [0.2, 0.25) is 12.6 Å². The Morgan fingerprint density at radius 1 is 1.17 bits per heavy atom. The van der Waals surface area contributed by atoms with Gasteiger partial charge in [0.2, 0.25) is 0 Å². The second-order valence-corrected chi connectivity index (χ2v) is 7.75. The molecule has 0 radical (unpaired) electrons. The lowest BCUT2D eigenvalue weighted by atomic mass is 10.1. The Kier molecular flexibility index (Phi) is 6.33. The lowest BCUT2D eigenvalue weighted by Crippen LogP contribution is -2.39. The van der Waals surface area contributed by atoms with Crippen molar-refractivity contribution in [1.29, 1.82) is 0 Å². The summed E-state index contributed by atoms with van der Waals surface area (Å²) in [6, 6.07) is 9.36. The van der Waals surface area contributed by atoms with E-state index in [1.165, 1.54) is 11.1 Å². The molecule has 0 saturated heterocycles. The maximum absolute atomic E-state index is 5.86. The van der Waals surface area contributed by atoms with E-state index in [2.05, 4.69) is 31.3 Å². The van der Waals surface area contributed by atoms with E-state index in [4.69, 9.17) is 8.85 Å². The van der Waals surface area contributed by atoms with Crippen molar-refractivity contribution in [3.63, 3.8) is 0 Å². The van der Waals surface area contributed by atoms with Gasteiger partial charge in [-0.1, -0.05) is 36.9 Å². The van der Waals surface area contributed by atoms with Crippen molar-refractivity contribution in [3.8, 4) is 0 Å². The predicted octanol–water partition coefficient (Wildman–Crippen LogP) is 4.02. The summed E-state index contributed by atoms with van der Waals surface area (Å²) in [6.45, 7) is 11.5. The molecule has 0 spiro atoms. The van der Waals surface area contributed by atoms with Gasteiger partial charge in [-0.05, 0) is 44.0 Å². The van der Waals surface area contributed by atoms with Crippen LogP contribution < -0.4 is 0 Å². The van der Waals surface area contributed by atoms with Crippen LogP contribution in [0.5, 0.6) is 0 Å². The zero-order valence-electron chi connectivity index (χ0n) is 11.7. The molecule has 1 aromatic rings. The van der Waals surface area contributed by atoms with Crippen LogP contribution in [-0.4, -0.2) is 21.8 Å². The summed E-state index contributed by atoms with van der Waals surface area (Å²) in [4.78, 5) is 0. The SMILES string of the molecule is C=Cc1ccccc1CC[Si](C)(OCC)OCC. The van der Waals surface area contributed by atoms with Gasteiger partial charge in [0.15, 0.2) is 0 Å². The summed E-state index contributed by atoms with van der Waals surface area (Å²) >= 11 is 0. The van der Waals surface area contributed by atoms with Crippen LogP contribution in [0.4, 0.5) is 0 Å². The molecule has 0 aliphatic carbocycles. The van der Waals surface area contributed by atoms with Crippen LogP contribution in [-0.2, 0) is 15.3 Å². The smallest absolute Gasteiger partial charge is 0.335 e. The molecule has 0 aliphatic heterocycles. The summed E-state index contributed by atoms with van der Waals surface area (Å²) in [6.07, 6.45) is 2.90. The van der Waals surface area contributed by atoms with E-state index in [0.717, 1.165) is 25.7 Å². The molecule has 0 fully saturated rings. The van der Waals surface area contributed by atoms with Crippen LogP contribution in [0, 0.1) is 0 Å². The molecule has 0 atom stereocenters. The summed E-state index contributed by atoms with van der Waals surface area (Å²) in [5, 5.41) is 0.